The topological polar surface area (TPSA) is 75.9 Å². The first-order valence-electron chi connectivity index (χ1n) is 7.75. The van der Waals surface area contributed by atoms with Crippen LogP contribution < -0.4 is 16.6 Å². The zero-order chi connectivity index (χ0) is 14.1. The minimum Gasteiger partial charge on any atom is -0.370 e. The molecule has 1 aromatic rings. The summed E-state index contributed by atoms with van der Waals surface area (Å²) in [5.74, 6) is 10.9. The molecule has 5 nitrogen and oxygen atoms in total. The molecule has 0 saturated heterocycles. The number of rotatable bonds is 5. The first-order valence-corrected chi connectivity index (χ1v) is 7.75. The van der Waals surface area contributed by atoms with E-state index in [9.17, 15) is 0 Å². The highest BCUT2D eigenvalue weighted by Crippen LogP contribution is 2.48. The van der Waals surface area contributed by atoms with E-state index in [2.05, 4.69) is 34.6 Å². The van der Waals surface area contributed by atoms with Crippen LogP contribution >= 0.6 is 0 Å². The van der Waals surface area contributed by atoms with Gasteiger partial charge in [0, 0.05) is 18.5 Å². The number of nitrogen functional groups attached to an aromatic ring is 1. The number of aromatic nitrogens is 2. The summed E-state index contributed by atoms with van der Waals surface area (Å²) in [4.78, 5) is 8.97. The van der Waals surface area contributed by atoms with Gasteiger partial charge < -0.3 is 10.7 Å². The average molecular weight is 275 g/mol. The third-order valence-corrected chi connectivity index (χ3v) is 4.84. The minimum atomic E-state index is 0.298. The number of anilines is 2. The highest BCUT2D eigenvalue weighted by molar-refractivity contribution is 5.47. The quantitative estimate of drug-likeness (QED) is 0.569. The van der Waals surface area contributed by atoms with Gasteiger partial charge in [-0.1, -0.05) is 20.3 Å². The molecule has 20 heavy (non-hydrogen) atoms. The number of nitrogens with two attached hydrogens (primary N) is 1. The smallest absolute Gasteiger partial charge is 0.145 e. The number of hydrazine groups is 1. The van der Waals surface area contributed by atoms with Crippen molar-refractivity contribution in [2.24, 2.45) is 23.6 Å². The van der Waals surface area contributed by atoms with E-state index >= 15 is 0 Å². The molecular formula is C15H25N5. The summed E-state index contributed by atoms with van der Waals surface area (Å²) < 4.78 is 0. The molecule has 0 spiro atoms. The van der Waals surface area contributed by atoms with E-state index in [1.807, 2.05) is 6.07 Å². The lowest BCUT2D eigenvalue weighted by Crippen LogP contribution is -2.21. The molecule has 0 aromatic carbocycles. The second-order valence-corrected chi connectivity index (χ2v) is 6.61. The van der Waals surface area contributed by atoms with E-state index in [0.717, 1.165) is 35.9 Å². The summed E-state index contributed by atoms with van der Waals surface area (Å²) in [5.41, 5.74) is 2.63. The molecule has 2 fully saturated rings. The number of nitrogens with one attached hydrogen (secondary N) is 2. The van der Waals surface area contributed by atoms with Gasteiger partial charge in [0.1, 0.15) is 17.5 Å². The van der Waals surface area contributed by atoms with Crippen LogP contribution in [0, 0.1) is 17.8 Å². The Kier molecular flexibility index (Phi) is 3.78. The van der Waals surface area contributed by atoms with Crippen molar-refractivity contribution in [3.05, 3.63) is 11.9 Å². The average Bonchev–Trinajstić information content (AvgIpc) is 3.07. The third kappa shape index (κ3) is 2.73. The van der Waals surface area contributed by atoms with E-state index in [0.29, 0.717) is 11.7 Å². The molecule has 2 aliphatic carbocycles. The van der Waals surface area contributed by atoms with Gasteiger partial charge in [-0.25, -0.2) is 15.8 Å². The van der Waals surface area contributed by atoms with Crippen LogP contribution in [-0.4, -0.2) is 16.5 Å². The Hall–Kier alpha value is -1.36. The molecule has 1 aromatic heterocycles. The second kappa shape index (κ2) is 5.56. The van der Waals surface area contributed by atoms with Crippen molar-refractivity contribution >= 4 is 11.6 Å². The molecule has 0 radical (unpaired) electrons. The van der Waals surface area contributed by atoms with E-state index in [1.54, 1.807) is 0 Å². The van der Waals surface area contributed by atoms with Crippen molar-refractivity contribution in [3.8, 4) is 0 Å². The van der Waals surface area contributed by atoms with Gasteiger partial charge in [-0.2, -0.15) is 0 Å². The van der Waals surface area contributed by atoms with Crippen molar-refractivity contribution in [2.45, 2.75) is 45.4 Å². The van der Waals surface area contributed by atoms with E-state index in [1.165, 1.54) is 25.7 Å². The standard InChI is InChI=1S/C15H25N5/c1-9(2)15-18-13(7-14(19-15)20-16)17-8-12-6-10-3-4-11(12)5-10/h7,9-12H,3-6,8,16H2,1-2H3,(H2,17,18,19,20). The molecule has 4 N–H and O–H groups in total. The van der Waals surface area contributed by atoms with Crippen molar-refractivity contribution in [3.63, 3.8) is 0 Å². The highest BCUT2D eigenvalue weighted by atomic mass is 15.3. The van der Waals surface area contributed by atoms with Crippen molar-refractivity contribution in [2.75, 3.05) is 17.3 Å². The Balaban J connectivity index is 1.66. The van der Waals surface area contributed by atoms with E-state index in [4.69, 9.17) is 5.84 Å². The SMILES string of the molecule is CC(C)c1nc(NN)cc(NCC2CC3CCC2C3)n1. The second-order valence-electron chi connectivity index (χ2n) is 6.61. The third-order valence-electron chi connectivity index (χ3n) is 4.84. The monoisotopic (exact) mass is 275 g/mol. The Morgan fingerprint density at radius 1 is 1.25 bits per heavy atom. The predicted molar refractivity (Wildman–Crippen MR) is 81.4 cm³/mol. The lowest BCUT2D eigenvalue weighted by atomic mass is 9.89. The van der Waals surface area contributed by atoms with Gasteiger partial charge in [0.15, 0.2) is 0 Å². The maximum Gasteiger partial charge on any atom is 0.145 e. The van der Waals surface area contributed by atoms with Gasteiger partial charge >= 0.3 is 0 Å². The molecule has 0 amide bonds. The molecule has 2 saturated carbocycles. The predicted octanol–water partition coefficient (Wildman–Crippen LogP) is 2.73. The van der Waals surface area contributed by atoms with Crippen molar-refractivity contribution < 1.29 is 0 Å². The molecule has 3 rings (SSSR count). The summed E-state index contributed by atoms with van der Waals surface area (Å²) in [6, 6.07) is 1.89. The van der Waals surface area contributed by atoms with Crippen LogP contribution in [0.3, 0.4) is 0 Å². The van der Waals surface area contributed by atoms with Crippen molar-refractivity contribution in [1.29, 1.82) is 0 Å². The Morgan fingerprint density at radius 3 is 2.65 bits per heavy atom. The molecule has 5 heteroatoms. The van der Waals surface area contributed by atoms with Crippen LogP contribution in [-0.2, 0) is 0 Å². The minimum absolute atomic E-state index is 0.298. The van der Waals surface area contributed by atoms with E-state index < -0.39 is 0 Å². The zero-order valence-corrected chi connectivity index (χ0v) is 12.4. The van der Waals surface area contributed by atoms with Crippen LogP contribution in [0.1, 0.15) is 51.3 Å². The first-order chi connectivity index (χ1) is 9.65. The Bertz CT molecular complexity index is 473. The van der Waals surface area contributed by atoms with Gasteiger partial charge in [-0.15, -0.1) is 0 Å². The van der Waals surface area contributed by atoms with Crippen LogP contribution in [0.5, 0.6) is 0 Å². The zero-order valence-electron chi connectivity index (χ0n) is 12.4. The van der Waals surface area contributed by atoms with E-state index in [-0.39, 0.29) is 0 Å². The van der Waals surface area contributed by atoms with Gasteiger partial charge in [-0.05, 0) is 37.0 Å². The molecule has 0 aliphatic heterocycles. The van der Waals surface area contributed by atoms with Crippen LogP contribution in [0.4, 0.5) is 11.6 Å². The van der Waals surface area contributed by atoms with Crippen LogP contribution in [0.25, 0.3) is 0 Å². The molecule has 110 valence electrons. The van der Waals surface area contributed by atoms with Crippen LogP contribution in [0.15, 0.2) is 6.07 Å². The largest absolute Gasteiger partial charge is 0.370 e. The van der Waals surface area contributed by atoms with Gasteiger partial charge in [-0.3, -0.25) is 0 Å². The number of fused-ring (bicyclic) bond motifs is 2. The Labute approximate surface area is 120 Å². The summed E-state index contributed by atoms with van der Waals surface area (Å²) in [5, 5.41) is 3.49. The molecular weight excluding hydrogens is 250 g/mol. The fourth-order valence-electron chi connectivity index (χ4n) is 3.75. The fourth-order valence-corrected chi connectivity index (χ4v) is 3.75. The summed E-state index contributed by atoms with van der Waals surface area (Å²) >= 11 is 0. The lowest BCUT2D eigenvalue weighted by molar-refractivity contribution is 0.348. The molecule has 1 heterocycles. The summed E-state index contributed by atoms with van der Waals surface area (Å²) in [6.45, 7) is 5.21. The number of hydrogen-bond donors (Lipinski definition) is 3. The summed E-state index contributed by atoms with van der Waals surface area (Å²) in [6.07, 6.45) is 5.71. The number of hydrogen-bond acceptors (Lipinski definition) is 5. The fraction of sp³-hybridized carbons (Fsp3) is 0.733. The van der Waals surface area contributed by atoms with Gasteiger partial charge in [0.2, 0.25) is 0 Å². The Morgan fingerprint density at radius 2 is 2.05 bits per heavy atom. The lowest BCUT2D eigenvalue weighted by Gasteiger charge is -2.22. The first kappa shape index (κ1) is 13.6. The normalized spacial score (nSPS) is 28.1. The number of nitrogens with zero attached hydrogens (tertiary/aromatic N) is 2. The van der Waals surface area contributed by atoms with Crippen molar-refractivity contribution in [1.82, 2.24) is 9.97 Å². The van der Waals surface area contributed by atoms with Crippen LogP contribution in [0.2, 0.25) is 0 Å². The summed E-state index contributed by atoms with van der Waals surface area (Å²) in [7, 11) is 0. The van der Waals surface area contributed by atoms with Gasteiger partial charge in [0.25, 0.3) is 0 Å². The highest BCUT2D eigenvalue weighted by Gasteiger charge is 2.39. The maximum absolute atomic E-state index is 5.49. The molecule has 3 atom stereocenters. The molecule has 2 aliphatic rings. The maximum atomic E-state index is 5.49. The molecule has 3 unspecified atom stereocenters. The molecule has 2 bridgehead atoms. The van der Waals surface area contributed by atoms with Gasteiger partial charge in [0.05, 0.1) is 0 Å².